The first-order chi connectivity index (χ1) is 11.7. The highest BCUT2D eigenvalue weighted by atomic mass is 16.5. The maximum Gasteiger partial charge on any atom is 0.275 e. The molecule has 1 aliphatic heterocycles. The van der Waals surface area contributed by atoms with Crippen molar-refractivity contribution in [3.05, 3.63) is 47.9 Å². The van der Waals surface area contributed by atoms with Crippen LogP contribution in [0.1, 0.15) is 35.0 Å². The van der Waals surface area contributed by atoms with Crippen LogP contribution in [0.4, 0.5) is 5.69 Å². The molecule has 24 heavy (non-hydrogen) atoms. The Kier molecular flexibility index (Phi) is 3.60. The Morgan fingerprint density at radius 3 is 2.92 bits per heavy atom. The zero-order chi connectivity index (χ0) is 16.5. The third-order valence-corrected chi connectivity index (χ3v) is 4.08. The molecule has 0 saturated carbocycles. The second-order valence-corrected chi connectivity index (χ2v) is 5.83. The third kappa shape index (κ3) is 2.68. The van der Waals surface area contributed by atoms with E-state index in [9.17, 15) is 4.79 Å². The fraction of sp³-hybridized carbons (Fsp3) is 0.294. The van der Waals surface area contributed by atoms with E-state index in [-0.39, 0.29) is 5.91 Å². The maximum absolute atomic E-state index is 12.6. The zero-order valence-electron chi connectivity index (χ0n) is 13.3. The first-order valence-electron chi connectivity index (χ1n) is 7.98. The highest BCUT2D eigenvalue weighted by molar-refractivity contribution is 6.04. The van der Waals surface area contributed by atoms with Crippen LogP contribution >= 0.6 is 0 Å². The third-order valence-electron chi connectivity index (χ3n) is 4.08. The highest BCUT2D eigenvalue weighted by Crippen LogP contribution is 2.26. The molecule has 7 heteroatoms. The quantitative estimate of drug-likeness (QED) is 0.801. The van der Waals surface area contributed by atoms with Gasteiger partial charge in [0, 0.05) is 31.6 Å². The standard InChI is InChI=1S/C17H17N5O2/c1-11-18-16(21-24-11)12-6-2-3-7-13(12)20-17(23)14-10-22-9-5-4-8-15(22)19-14/h2-3,6-7,10H,4-5,8-9H2,1H3,(H,20,23). The van der Waals surface area contributed by atoms with Crippen molar-refractivity contribution in [2.24, 2.45) is 0 Å². The molecule has 0 atom stereocenters. The van der Waals surface area contributed by atoms with E-state index in [1.54, 1.807) is 6.92 Å². The Balaban J connectivity index is 1.61. The van der Waals surface area contributed by atoms with E-state index in [1.807, 2.05) is 30.5 Å². The number of anilines is 1. The minimum atomic E-state index is -0.232. The van der Waals surface area contributed by atoms with Gasteiger partial charge in [0.1, 0.15) is 11.5 Å². The summed E-state index contributed by atoms with van der Waals surface area (Å²) in [7, 11) is 0. The summed E-state index contributed by atoms with van der Waals surface area (Å²) in [5.74, 6) is 1.68. The molecule has 0 saturated heterocycles. The van der Waals surface area contributed by atoms with Gasteiger partial charge in [-0.2, -0.15) is 4.98 Å². The molecular weight excluding hydrogens is 306 g/mol. The van der Waals surface area contributed by atoms with Crippen LogP contribution in [-0.4, -0.2) is 25.6 Å². The van der Waals surface area contributed by atoms with Crippen molar-refractivity contribution in [3.63, 3.8) is 0 Å². The van der Waals surface area contributed by atoms with Crippen LogP contribution in [0.3, 0.4) is 0 Å². The molecule has 2 aromatic heterocycles. The number of aromatic nitrogens is 4. The number of aryl methyl sites for hydroxylation is 3. The molecule has 1 aromatic carbocycles. The van der Waals surface area contributed by atoms with Crippen molar-refractivity contribution in [2.75, 3.05) is 5.32 Å². The summed E-state index contributed by atoms with van der Waals surface area (Å²) in [6.07, 6.45) is 5.00. The van der Waals surface area contributed by atoms with Gasteiger partial charge >= 0.3 is 0 Å². The smallest absolute Gasteiger partial charge is 0.275 e. The van der Waals surface area contributed by atoms with E-state index in [0.717, 1.165) is 31.6 Å². The molecule has 0 unspecified atom stereocenters. The number of benzene rings is 1. The topological polar surface area (TPSA) is 85.8 Å². The highest BCUT2D eigenvalue weighted by Gasteiger charge is 2.18. The van der Waals surface area contributed by atoms with Crippen LogP contribution < -0.4 is 5.32 Å². The molecule has 0 bridgehead atoms. The monoisotopic (exact) mass is 323 g/mol. The van der Waals surface area contributed by atoms with Crippen LogP contribution in [0.2, 0.25) is 0 Å². The van der Waals surface area contributed by atoms with E-state index in [2.05, 4.69) is 25.0 Å². The van der Waals surface area contributed by atoms with Crippen molar-refractivity contribution in [2.45, 2.75) is 32.7 Å². The van der Waals surface area contributed by atoms with Gasteiger partial charge in [-0.05, 0) is 25.0 Å². The van der Waals surface area contributed by atoms with Gasteiger partial charge < -0.3 is 14.4 Å². The van der Waals surface area contributed by atoms with Crippen LogP contribution in [0, 0.1) is 6.92 Å². The normalized spacial score (nSPS) is 13.5. The summed E-state index contributed by atoms with van der Waals surface area (Å²) in [6.45, 7) is 2.65. The molecular formula is C17H17N5O2. The molecule has 7 nitrogen and oxygen atoms in total. The Hall–Kier alpha value is -2.96. The average molecular weight is 323 g/mol. The molecule has 1 aliphatic rings. The lowest BCUT2D eigenvalue weighted by Gasteiger charge is -2.11. The molecule has 122 valence electrons. The number of fused-ring (bicyclic) bond motifs is 1. The lowest BCUT2D eigenvalue weighted by atomic mass is 10.1. The van der Waals surface area contributed by atoms with Crippen LogP contribution in [0.25, 0.3) is 11.4 Å². The minimum Gasteiger partial charge on any atom is -0.339 e. The predicted octanol–water partition coefficient (Wildman–Crippen LogP) is 2.83. The molecule has 4 rings (SSSR count). The SMILES string of the molecule is Cc1nc(-c2ccccc2NC(=O)c2cn3c(n2)CCCC3)no1. The number of amides is 1. The summed E-state index contributed by atoms with van der Waals surface area (Å²) in [5, 5.41) is 6.83. The number of hydrogen-bond donors (Lipinski definition) is 1. The fourth-order valence-corrected chi connectivity index (χ4v) is 2.90. The number of imidazole rings is 1. The van der Waals surface area contributed by atoms with Crippen LogP contribution in [0.5, 0.6) is 0 Å². The number of carbonyl (C=O) groups is 1. The fourth-order valence-electron chi connectivity index (χ4n) is 2.90. The number of nitrogens with one attached hydrogen (secondary N) is 1. The number of nitrogens with zero attached hydrogens (tertiary/aromatic N) is 4. The van der Waals surface area contributed by atoms with Gasteiger partial charge in [-0.15, -0.1) is 0 Å². The molecule has 0 aliphatic carbocycles. The first-order valence-corrected chi connectivity index (χ1v) is 7.98. The predicted molar refractivity (Wildman–Crippen MR) is 87.6 cm³/mol. The van der Waals surface area contributed by atoms with Crippen molar-refractivity contribution < 1.29 is 9.32 Å². The van der Waals surface area contributed by atoms with Crippen LogP contribution in [0.15, 0.2) is 35.0 Å². The number of rotatable bonds is 3. The lowest BCUT2D eigenvalue weighted by Crippen LogP contribution is -2.13. The Bertz CT molecular complexity index is 873. The summed E-state index contributed by atoms with van der Waals surface area (Å²) in [4.78, 5) is 21.2. The second-order valence-electron chi connectivity index (χ2n) is 5.83. The lowest BCUT2D eigenvalue weighted by molar-refractivity contribution is 0.102. The molecule has 1 amide bonds. The van der Waals surface area contributed by atoms with Gasteiger partial charge in [-0.25, -0.2) is 4.98 Å². The molecule has 0 radical (unpaired) electrons. The average Bonchev–Trinajstić information content (AvgIpc) is 3.21. The second kappa shape index (κ2) is 5.92. The van der Waals surface area contributed by atoms with Crippen molar-refractivity contribution in [1.29, 1.82) is 0 Å². The van der Waals surface area contributed by atoms with Crippen molar-refractivity contribution >= 4 is 11.6 Å². The summed E-state index contributed by atoms with van der Waals surface area (Å²) < 4.78 is 7.09. The van der Waals surface area contributed by atoms with E-state index >= 15 is 0 Å². The van der Waals surface area contributed by atoms with Crippen molar-refractivity contribution in [1.82, 2.24) is 19.7 Å². The van der Waals surface area contributed by atoms with E-state index < -0.39 is 0 Å². The van der Waals surface area contributed by atoms with Gasteiger partial charge in [0.15, 0.2) is 0 Å². The van der Waals surface area contributed by atoms with E-state index in [0.29, 0.717) is 28.7 Å². The van der Waals surface area contributed by atoms with Gasteiger partial charge in [0.25, 0.3) is 5.91 Å². The molecule has 0 spiro atoms. The first kappa shape index (κ1) is 14.6. The number of carbonyl (C=O) groups excluding carboxylic acids is 1. The molecule has 3 heterocycles. The maximum atomic E-state index is 12.6. The summed E-state index contributed by atoms with van der Waals surface area (Å²) in [5.41, 5.74) is 1.78. The van der Waals surface area contributed by atoms with Crippen LogP contribution in [-0.2, 0) is 13.0 Å². The Morgan fingerprint density at radius 1 is 1.25 bits per heavy atom. The number of para-hydroxylation sites is 1. The Morgan fingerprint density at radius 2 is 2.12 bits per heavy atom. The number of hydrogen-bond acceptors (Lipinski definition) is 5. The zero-order valence-corrected chi connectivity index (χ0v) is 13.3. The molecule has 1 N–H and O–H groups in total. The largest absolute Gasteiger partial charge is 0.339 e. The van der Waals surface area contributed by atoms with Gasteiger partial charge in [-0.1, -0.05) is 17.3 Å². The van der Waals surface area contributed by atoms with E-state index in [1.165, 1.54) is 0 Å². The Labute approximate surface area is 138 Å². The summed E-state index contributed by atoms with van der Waals surface area (Å²) >= 11 is 0. The minimum absolute atomic E-state index is 0.232. The van der Waals surface area contributed by atoms with Crippen molar-refractivity contribution in [3.8, 4) is 11.4 Å². The summed E-state index contributed by atoms with van der Waals surface area (Å²) in [6, 6.07) is 7.38. The van der Waals surface area contributed by atoms with Gasteiger partial charge in [0.2, 0.25) is 11.7 Å². The van der Waals surface area contributed by atoms with E-state index in [4.69, 9.17) is 4.52 Å². The van der Waals surface area contributed by atoms with Gasteiger partial charge in [-0.3, -0.25) is 4.79 Å². The molecule has 3 aromatic rings. The van der Waals surface area contributed by atoms with Gasteiger partial charge in [0.05, 0.1) is 5.69 Å². The molecule has 0 fully saturated rings.